The van der Waals surface area contributed by atoms with Crippen LogP contribution in [0.15, 0.2) is 54.9 Å². The van der Waals surface area contributed by atoms with Crippen LogP contribution in [0.5, 0.6) is 0 Å². The molecule has 152 valence electrons. The average Bonchev–Trinajstić information content (AvgIpc) is 3.16. The average molecular weight is 393 g/mol. The summed E-state index contributed by atoms with van der Waals surface area (Å²) in [5, 5.41) is 0. The predicted octanol–water partition coefficient (Wildman–Crippen LogP) is 3.33. The van der Waals surface area contributed by atoms with Crippen LogP contribution in [0.1, 0.15) is 24.9 Å². The standard InChI is InChI=1S/C23H28N4O2/c1-3-29-23(28)16-21(18-7-5-4-6-8-18)27-17-24-20-10-9-19(15-22(20)27)26-13-11-25(2)12-14-26/h4-10,15,17,21H,3,11-14,16H2,1-2H3. The largest absolute Gasteiger partial charge is 0.466 e. The van der Waals surface area contributed by atoms with Crippen molar-refractivity contribution in [2.75, 3.05) is 44.7 Å². The second-order valence-electron chi connectivity index (χ2n) is 7.55. The molecule has 6 heteroatoms. The molecule has 4 rings (SSSR count). The van der Waals surface area contributed by atoms with Gasteiger partial charge in [0.1, 0.15) is 0 Å². The number of piperazine rings is 1. The van der Waals surface area contributed by atoms with E-state index in [1.54, 1.807) is 0 Å². The molecule has 0 spiro atoms. The summed E-state index contributed by atoms with van der Waals surface area (Å²) in [5.74, 6) is -0.196. The summed E-state index contributed by atoms with van der Waals surface area (Å²) in [6.45, 7) is 6.38. The van der Waals surface area contributed by atoms with Crippen molar-refractivity contribution in [1.29, 1.82) is 0 Å². The van der Waals surface area contributed by atoms with Crippen molar-refractivity contribution < 1.29 is 9.53 Å². The van der Waals surface area contributed by atoms with Gasteiger partial charge in [0.15, 0.2) is 0 Å². The number of hydrogen-bond donors (Lipinski definition) is 0. The molecule has 1 aliphatic heterocycles. The molecule has 1 atom stereocenters. The Morgan fingerprint density at radius 3 is 2.59 bits per heavy atom. The number of rotatable bonds is 6. The molecule has 0 aliphatic carbocycles. The van der Waals surface area contributed by atoms with E-state index in [4.69, 9.17) is 4.74 Å². The number of carbonyl (C=O) groups excluding carboxylic acids is 1. The van der Waals surface area contributed by atoms with Gasteiger partial charge in [-0.2, -0.15) is 0 Å². The first kappa shape index (κ1) is 19.5. The van der Waals surface area contributed by atoms with E-state index in [9.17, 15) is 4.79 Å². The fourth-order valence-electron chi connectivity index (χ4n) is 3.95. The topological polar surface area (TPSA) is 50.6 Å². The summed E-state index contributed by atoms with van der Waals surface area (Å²) in [6.07, 6.45) is 2.12. The number of aromatic nitrogens is 2. The molecule has 0 amide bonds. The van der Waals surface area contributed by atoms with Crippen LogP contribution in [0, 0.1) is 0 Å². The van der Waals surface area contributed by atoms with E-state index in [-0.39, 0.29) is 18.4 Å². The molecular formula is C23H28N4O2. The van der Waals surface area contributed by atoms with E-state index in [0.29, 0.717) is 6.61 Å². The monoisotopic (exact) mass is 392 g/mol. The summed E-state index contributed by atoms with van der Waals surface area (Å²) < 4.78 is 7.36. The van der Waals surface area contributed by atoms with Crippen LogP contribution >= 0.6 is 0 Å². The minimum absolute atomic E-state index is 0.150. The summed E-state index contributed by atoms with van der Waals surface area (Å²) >= 11 is 0. The lowest BCUT2D eigenvalue weighted by atomic mass is 10.0. The minimum atomic E-state index is -0.196. The van der Waals surface area contributed by atoms with Gasteiger partial charge in [0.2, 0.25) is 0 Å². The lowest BCUT2D eigenvalue weighted by Gasteiger charge is -2.34. The maximum Gasteiger partial charge on any atom is 0.308 e. The van der Waals surface area contributed by atoms with E-state index < -0.39 is 0 Å². The van der Waals surface area contributed by atoms with Crippen LogP contribution in [-0.4, -0.2) is 60.3 Å². The van der Waals surface area contributed by atoms with Gasteiger partial charge in [-0.3, -0.25) is 4.79 Å². The molecule has 0 bridgehead atoms. The number of esters is 1. The lowest BCUT2D eigenvalue weighted by Crippen LogP contribution is -2.44. The Balaban J connectivity index is 1.71. The Morgan fingerprint density at radius 2 is 1.86 bits per heavy atom. The second kappa shape index (κ2) is 8.66. The smallest absolute Gasteiger partial charge is 0.308 e. The van der Waals surface area contributed by atoms with E-state index in [2.05, 4.69) is 56.7 Å². The Morgan fingerprint density at radius 1 is 1.10 bits per heavy atom. The molecule has 1 aromatic heterocycles. The van der Waals surface area contributed by atoms with Gasteiger partial charge in [0, 0.05) is 31.9 Å². The molecule has 1 fully saturated rings. The molecule has 2 heterocycles. The fourth-order valence-corrected chi connectivity index (χ4v) is 3.95. The highest BCUT2D eigenvalue weighted by Gasteiger charge is 2.22. The highest BCUT2D eigenvalue weighted by atomic mass is 16.5. The van der Waals surface area contributed by atoms with Crippen molar-refractivity contribution in [2.45, 2.75) is 19.4 Å². The Kier molecular flexibility index (Phi) is 5.81. The van der Waals surface area contributed by atoms with E-state index in [1.165, 1.54) is 5.69 Å². The summed E-state index contributed by atoms with van der Waals surface area (Å²) in [6, 6.07) is 16.4. The Bertz CT molecular complexity index is 961. The summed E-state index contributed by atoms with van der Waals surface area (Å²) in [5.41, 5.74) is 4.26. The first-order valence-corrected chi connectivity index (χ1v) is 10.3. The van der Waals surface area contributed by atoms with Gasteiger partial charge < -0.3 is 19.1 Å². The highest BCUT2D eigenvalue weighted by Crippen LogP contribution is 2.29. The summed E-state index contributed by atoms with van der Waals surface area (Å²) in [7, 11) is 2.16. The molecule has 3 aromatic rings. The van der Waals surface area contributed by atoms with Gasteiger partial charge in [-0.15, -0.1) is 0 Å². The molecule has 0 N–H and O–H groups in total. The van der Waals surface area contributed by atoms with Gasteiger partial charge in [0.25, 0.3) is 0 Å². The maximum atomic E-state index is 12.3. The molecule has 0 radical (unpaired) electrons. The van der Waals surface area contributed by atoms with Crippen LogP contribution in [0.3, 0.4) is 0 Å². The first-order valence-electron chi connectivity index (χ1n) is 10.3. The molecule has 29 heavy (non-hydrogen) atoms. The highest BCUT2D eigenvalue weighted by molar-refractivity contribution is 5.81. The van der Waals surface area contributed by atoms with Gasteiger partial charge in [-0.1, -0.05) is 30.3 Å². The molecule has 0 saturated carbocycles. The number of carbonyl (C=O) groups is 1. The molecule has 2 aromatic carbocycles. The van der Waals surface area contributed by atoms with Gasteiger partial charge >= 0.3 is 5.97 Å². The van der Waals surface area contributed by atoms with Crippen LogP contribution in [0.25, 0.3) is 11.0 Å². The Labute approximate surface area is 171 Å². The number of hydrogen-bond acceptors (Lipinski definition) is 5. The third kappa shape index (κ3) is 4.27. The van der Waals surface area contributed by atoms with Crippen molar-refractivity contribution in [3.05, 3.63) is 60.4 Å². The van der Waals surface area contributed by atoms with E-state index >= 15 is 0 Å². The summed E-state index contributed by atoms with van der Waals surface area (Å²) in [4.78, 5) is 21.7. The number of ether oxygens (including phenoxy) is 1. The lowest BCUT2D eigenvalue weighted by molar-refractivity contribution is -0.143. The molecule has 1 aliphatic rings. The zero-order chi connectivity index (χ0) is 20.2. The number of nitrogens with zero attached hydrogens (tertiary/aromatic N) is 4. The molecule has 1 saturated heterocycles. The van der Waals surface area contributed by atoms with Gasteiger partial charge in [0.05, 0.1) is 36.4 Å². The third-order valence-corrected chi connectivity index (χ3v) is 5.61. The number of benzene rings is 2. The van der Waals surface area contributed by atoms with Crippen LogP contribution in [-0.2, 0) is 9.53 Å². The first-order chi connectivity index (χ1) is 14.2. The third-order valence-electron chi connectivity index (χ3n) is 5.61. The SMILES string of the molecule is CCOC(=O)CC(c1ccccc1)n1cnc2ccc(N3CCN(C)CC3)cc21. The number of likely N-dealkylation sites (N-methyl/N-ethyl adjacent to an activating group) is 1. The molecule has 1 unspecified atom stereocenters. The molecule has 6 nitrogen and oxygen atoms in total. The number of anilines is 1. The maximum absolute atomic E-state index is 12.3. The zero-order valence-corrected chi connectivity index (χ0v) is 17.1. The van der Waals surface area contributed by atoms with E-state index in [1.807, 2.05) is 31.5 Å². The van der Waals surface area contributed by atoms with Crippen LogP contribution < -0.4 is 4.90 Å². The van der Waals surface area contributed by atoms with Crippen molar-refractivity contribution >= 4 is 22.7 Å². The second-order valence-corrected chi connectivity index (χ2v) is 7.55. The Hall–Kier alpha value is -2.86. The van der Waals surface area contributed by atoms with Gasteiger partial charge in [-0.05, 0) is 37.7 Å². The molecular weight excluding hydrogens is 364 g/mol. The van der Waals surface area contributed by atoms with Crippen LogP contribution in [0.4, 0.5) is 5.69 Å². The van der Waals surface area contributed by atoms with Crippen molar-refractivity contribution in [2.24, 2.45) is 0 Å². The quantitative estimate of drug-likeness (QED) is 0.602. The zero-order valence-electron chi connectivity index (χ0n) is 17.1. The number of fused-ring (bicyclic) bond motifs is 1. The normalized spacial score (nSPS) is 16.1. The van der Waals surface area contributed by atoms with Gasteiger partial charge in [-0.25, -0.2) is 4.98 Å². The van der Waals surface area contributed by atoms with Crippen molar-refractivity contribution in [1.82, 2.24) is 14.5 Å². The van der Waals surface area contributed by atoms with E-state index in [0.717, 1.165) is 42.8 Å². The fraction of sp³-hybridized carbons (Fsp3) is 0.391. The van der Waals surface area contributed by atoms with Crippen molar-refractivity contribution in [3.63, 3.8) is 0 Å². The minimum Gasteiger partial charge on any atom is -0.466 e. The van der Waals surface area contributed by atoms with Crippen molar-refractivity contribution in [3.8, 4) is 0 Å². The predicted molar refractivity (Wildman–Crippen MR) is 115 cm³/mol. The number of imidazole rings is 1. The van der Waals surface area contributed by atoms with Crippen LogP contribution in [0.2, 0.25) is 0 Å².